The second kappa shape index (κ2) is 4.87. The van der Waals surface area contributed by atoms with Crippen molar-refractivity contribution in [3.8, 4) is 0 Å². The van der Waals surface area contributed by atoms with E-state index in [0.717, 1.165) is 17.7 Å². The van der Waals surface area contributed by atoms with Gasteiger partial charge in [-0.15, -0.1) is 0 Å². The molecule has 104 valence electrons. The third-order valence-electron chi connectivity index (χ3n) is 3.83. The number of hydrogen-bond acceptors (Lipinski definition) is 2. The summed E-state index contributed by atoms with van der Waals surface area (Å²) in [6.07, 6.45) is 0.829. The molecule has 1 aliphatic heterocycles. The highest BCUT2D eigenvalue weighted by Gasteiger charge is 2.29. The molecule has 0 radical (unpaired) electrons. The SMILES string of the molecule is CC1Cc2ccccc2N1c1ccc(CN)c(F)c1F. The van der Waals surface area contributed by atoms with Gasteiger partial charge >= 0.3 is 0 Å². The van der Waals surface area contributed by atoms with Gasteiger partial charge in [-0.05, 0) is 31.0 Å². The summed E-state index contributed by atoms with van der Waals surface area (Å²) in [4.78, 5) is 1.86. The summed E-state index contributed by atoms with van der Waals surface area (Å²) in [5.74, 6) is -1.67. The number of para-hydroxylation sites is 1. The number of benzene rings is 2. The van der Waals surface area contributed by atoms with Gasteiger partial charge in [0.25, 0.3) is 0 Å². The Labute approximate surface area is 116 Å². The Bertz CT molecular complexity index is 655. The molecule has 3 rings (SSSR count). The summed E-state index contributed by atoms with van der Waals surface area (Å²) in [5, 5.41) is 0. The van der Waals surface area contributed by atoms with Crippen molar-refractivity contribution in [2.75, 3.05) is 4.90 Å². The normalized spacial score (nSPS) is 17.4. The fourth-order valence-corrected chi connectivity index (χ4v) is 2.86. The Hall–Kier alpha value is -1.94. The average Bonchev–Trinajstić information content (AvgIpc) is 2.78. The van der Waals surface area contributed by atoms with Crippen molar-refractivity contribution >= 4 is 11.4 Å². The van der Waals surface area contributed by atoms with Gasteiger partial charge in [-0.1, -0.05) is 24.3 Å². The molecule has 1 heterocycles. The van der Waals surface area contributed by atoms with Crippen molar-refractivity contribution < 1.29 is 8.78 Å². The van der Waals surface area contributed by atoms with Gasteiger partial charge in [-0.2, -0.15) is 0 Å². The Morgan fingerprint density at radius 3 is 2.60 bits per heavy atom. The largest absolute Gasteiger partial charge is 0.336 e. The van der Waals surface area contributed by atoms with Crippen molar-refractivity contribution in [3.63, 3.8) is 0 Å². The van der Waals surface area contributed by atoms with Crippen LogP contribution in [0.5, 0.6) is 0 Å². The zero-order valence-electron chi connectivity index (χ0n) is 11.2. The van der Waals surface area contributed by atoms with Crippen molar-refractivity contribution in [2.24, 2.45) is 5.73 Å². The average molecular weight is 274 g/mol. The topological polar surface area (TPSA) is 29.3 Å². The molecule has 1 unspecified atom stereocenters. The van der Waals surface area contributed by atoms with E-state index in [0.29, 0.717) is 0 Å². The predicted octanol–water partition coefficient (Wildman–Crippen LogP) is 3.51. The van der Waals surface area contributed by atoms with E-state index in [1.165, 1.54) is 0 Å². The van der Waals surface area contributed by atoms with E-state index in [1.54, 1.807) is 12.1 Å². The van der Waals surface area contributed by atoms with Crippen LogP contribution in [0.4, 0.5) is 20.2 Å². The Balaban J connectivity index is 2.12. The Morgan fingerprint density at radius 2 is 1.85 bits per heavy atom. The van der Waals surface area contributed by atoms with E-state index in [4.69, 9.17) is 5.73 Å². The maximum absolute atomic E-state index is 14.3. The maximum atomic E-state index is 14.3. The van der Waals surface area contributed by atoms with E-state index in [-0.39, 0.29) is 23.8 Å². The summed E-state index contributed by atoms with van der Waals surface area (Å²) in [6, 6.07) is 11.1. The molecule has 0 spiro atoms. The van der Waals surface area contributed by atoms with Crippen LogP contribution in [0.1, 0.15) is 18.1 Å². The number of hydrogen-bond donors (Lipinski definition) is 1. The first-order valence-electron chi connectivity index (χ1n) is 6.67. The zero-order valence-corrected chi connectivity index (χ0v) is 11.2. The van der Waals surface area contributed by atoms with Crippen LogP contribution in [-0.4, -0.2) is 6.04 Å². The summed E-state index contributed by atoms with van der Waals surface area (Å²) in [5.41, 5.74) is 7.98. The third-order valence-corrected chi connectivity index (χ3v) is 3.83. The molecule has 0 bridgehead atoms. The highest BCUT2D eigenvalue weighted by atomic mass is 19.2. The standard InChI is InChI=1S/C16H16F2N2/c1-10-8-11-4-2-3-5-13(11)20(10)14-7-6-12(9-19)15(17)16(14)18/h2-7,10H,8-9,19H2,1H3. The molecule has 20 heavy (non-hydrogen) atoms. The minimum absolute atomic E-state index is 0.00479. The van der Waals surface area contributed by atoms with Crippen LogP contribution in [0.2, 0.25) is 0 Å². The first kappa shape index (κ1) is 13.1. The molecule has 0 saturated carbocycles. The molecule has 2 aromatic carbocycles. The van der Waals surface area contributed by atoms with Gasteiger partial charge in [-0.3, -0.25) is 0 Å². The van der Waals surface area contributed by atoms with E-state index in [1.807, 2.05) is 36.1 Å². The number of anilines is 2. The Kier molecular flexibility index (Phi) is 3.18. The number of halogens is 2. The molecule has 1 aliphatic rings. The molecule has 2 N–H and O–H groups in total. The minimum atomic E-state index is -0.846. The number of rotatable bonds is 2. The fraction of sp³-hybridized carbons (Fsp3) is 0.250. The molecule has 2 nitrogen and oxygen atoms in total. The van der Waals surface area contributed by atoms with Crippen LogP contribution in [0, 0.1) is 11.6 Å². The number of nitrogens with two attached hydrogens (primary N) is 1. The van der Waals surface area contributed by atoms with Gasteiger partial charge in [-0.25, -0.2) is 8.78 Å². The molecular weight excluding hydrogens is 258 g/mol. The third kappa shape index (κ3) is 1.88. The monoisotopic (exact) mass is 274 g/mol. The van der Waals surface area contributed by atoms with Crippen LogP contribution >= 0.6 is 0 Å². The lowest BCUT2D eigenvalue weighted by Gasteiger charge is -2.26. The number of nitrogens with zero attached hydrogens (tertiary/aromatic N) is 1. The zero-order chi connectivity index (χ0) is 14.3. The molecular formula is C16H16F2N2. The van der Waals surface area contributed by atoms with Crippen LogP contribution in [0.25, 0.3) is 0 Å². The molecule has 0 aliphatic carbocycles. The molecule has 0 aromatic heterocycles. The van der Waals surface area contributed by atoms with E-state index in [9.17, 15) is 8.78 Å². The van der Waals surface area contributed by atoms with E-state index >= 15 is 0 Å². The highest BCUT2D eigenvalue weighted by molar-refractivity contribution is 5.71. The van der Waals surface area contributed by atoms with E-state index < -0.39 is 11.6 Å². The van der Waals surface area contributed by atoms with Crippen molar-refractivity contribution in [2.45, 2.75) is 25.9 Å². The van der Waals surface area contributed by atoms with Crippen LogP contribution < -0.4 is 10.6 Å². The first-order valence-corrected chi connectivity index (χ1v) is 6.67. The van der Waals surface area contributed by atoms with Crippen LogP contribution in [0.15, 0.2) is 36.4 Å². The summed E-state index contributed by atoms with van der Waals surface area (Å²) >= 11 is 0. The maximum Gasteiger partial charge on any atom is 0.182 e. The fourth-order valence-electron chi connectivity index (χ4n) is 2.86. The molecule has 1 atom stereocenters. The lowest BCUT2D eigenvalue weighted by Crippen LogP contribution is -2.25. The van der Waals surface area contributed by atoms with Gasteiger partial charge in [0.15, 0.2) is 11.6 Å². The highest BCUT2D eigenvalue weighted by Crippen LogP contribution is 2.39. The first-order chi connectivity index (χ1) is 9.63. The predicted molar refractivity (Wildman–Crippen MR) is 76.0 cm³/mol. The van der Waals surface area contributed by atoms with Crippen molar-refractivity contribution in [1.29, 1.82) is 0 Å². The molecule has 2 aromatic rings. The molecule has 0 amide bonds. The van der Waals surface area contributed by atoms with Gasteiger partial charge in [0.2, 0.25) is 0 Å². The van der Waals surface area contributed by atoms with Gasteiger partial charge in [0.1, 0.15) is 0 Å². The quantitative estimate of drug-likeness (QED) is 0.908. The summed E-state index contributed by atoms with van der Waals surface area (Å²) in [7, 11) is 0. The van der Waals surface area contributed by atoms with Gasteiger partial charge in [0, 0.05) is 23.8 Å². The lowest BCUT2D eigenvalue weighted by molar-refractivity contribution is 0.497. The van der Waals surface area contributed by atoms with Gasteiger partial charge < -0.3 is 10.6 Å². The Morgan fingerprint density at radius 1 is 1.10 bits per heavy atom. The molecule has 4 heteroatoms. The van der Waals surface area contributed by atoms with Crippen molar-refractivity contribution in [1.82, 2.24) is 0 Å². The second-order valence-electron chi connectivity index (χ2n) is 5.13. The van der Waals surface area contributed by atoms with Crippen molar-refractivity contribution in [3.05, 3.63) is 59.2 Å². The molecule has 0 fully saturated rings. The smallest absolute Gasteiger partial charge is 0.182 e. The van der Waals surface area contributed by atoms with Crippen LogP contribution in [-0.2, 0) is 13.0 Å². The van der Waals surface area contributed by atoms with E-state index in [2.05, 4.69) is 0 Å². The molecule has 0 saturated heterocycles. The van der Waals surface area contributed by atoms with Gasteiger partial charge in [0.05, 0.1) is 5.69 Å². The minimum Gasteiger partial charge on any atom is -0.336 e. The van der Waals surface area contributed by atoms with Crippen LogP contribution in [0.3, 0.4) is 0 Å². The number of fused-ring (bicyclic) bond motifs is 1. The second-order valence-corrected chi connectivity index (χ2v) is 5.13. The summed E-state index contributed by atoms with van der Waals surface area (Å²) < 4.78 is 28.2. The lowest BCUT2D eigenvalue weighted by atomic mass is 10.1. The summed E-state index contributed by atoms with van der Waals surface area (Å²) in [6.45, 7) is 2.00.